The number of hydrogen-bond donors (Lipinski definition) is 2. The van der Waals surface area contributed by atoms with Crippen molar-refractivity contribution in [3.63, 3.8) is 0 Å². The molecule has 0 saturated carbocycles. The van der Waals surface area contributed by atoms with Gasteiger partial charge in [-0.1, -0.05) is 27.7 Å². The molecule has 5 heteroatoms. The maximum Gasteiger partial charge on any atom is 0.317 e. The lowest BCUT2D eigenvalue weighted by Gasteiger charge is -2.29. The highest BCUT2D eigenvalue weighted by molar-refractivity contribution is 5.76. The lowest BCUT2D eigenvalue weighted by Crippen LogP contribution is -2.47. The molecule has 0 aromatic heterocycles. The van der Waals surface area contributed by atoms with E-state index in [1.807, 2.05) is 41.5 Å². The molecule has 2 unspecified atom stereocenters. The summed E-state index contributed by atoms with van der Waals surface area (Å²) in [4.78, 5) is 25.1. The lowest BCUT2D eigenvalue weighted by atomic mass is 9.84. The number of carboxylic acid groups (broad SMARTS) is 1. The van der Waals surface area contributed by atoms with Gasteiger partial charge in [-0.15, -0.1) is 0 Å². The van der Waals surface area contributed by atoms with E-state index in [9.17, 15) is 14.7 Å². The van der Waals surface area contributed by atoms with Crippen LogP contribution in [0, 0.1) is 11.3 Å². The molecule has 0 heterocycles. The van der Waals surface area contributed by atoms with Crippen molar-refractivity contribution in [3.8, 4) is 0 Å². The Kier molecular flexibility index (Phi) is 7.61. The average molecular weight is 286 g/mol. The van der Waals surface area contributed by atoms with Gasteiger partial charge in [0.15, 0.2) is 0 Å². The molecular weight excluding hydrogens is 256 g/mol. The van der Waals surface area contributed by atoms with Gasteiger partial charge < -0.3 is 15.3 Å². The van der Waals surface area contributed by atoms with Gasteiger partial charge in [0.25, 0.3) is 0 Å². The van der Waals surface area contributed by atoms with Gasteiger partial charge >= 0.3 is 12.0 Å². The minimum absolute atomic E-state index is 0.0745. The molecule has 2 amide bonds. The quantitative estimate of drug-likeness (QED) is 0.756. The third-order valence-electron chi connectivity index (χ3n) is 3.43. The number of nitrogens with one attached hydrogen (secondary N) is 1. The average Bonchev–Trinajstić information content (AvgIpc) is 2.33. The van der Waals surface area contributed by atoms with Crippen molar-refractivity contribution in [1.29, 1.82) is 0 Å². The van der Waals surface area contributed by atoms with Crippen molar-refractivity contribution < 1.29 is 14.7 Å². The van der Waals surface area contributed by atoms with E-state index in [0.717, 1.165) is 6.42 Å². The first-order chi connectivity index (χ1) is 9.12. The smallest absolute Gasteiger partial charge is 0.317 e. The van der Waals surface area contributed by atoms with Crippen LogP contribution in [0.4, 0.5) is 4.79 Å². The summed E-state index contributed by atoms with van der Waals surface area (Å²) >= 11 is 0. The Bertz CT molecular complexity index is 324. The molecule has 0 rings (SSSR count). The summed E-state index contributed by atoms with van der Waals surface area (Å²) in [5, 5.41) is 12.0. The van der Waals surface area contributed by atoms with Crippen LogP contribution in [0.2, 0.25) is 0 Å². The molecule has 0 aliphatic heterocycles. The number of aliphatic carboxylic acids is 1. The Morgan fingerprint density at radius 2 is 1.80 bits per heavy atom. The van der Waals surface area contributed by atoms with Crippen LogP contribution in [0.3, 0.4) is 0 Å². The van der Waals surface area contributed by atoms with Crippen molar-refractivity contribution in [3.05, 3.63) is 0 Å². The maximum atomic E-state index is 12.1. The summed E-state index contributed by atoms with van der Waals surface area (Å²) in [6.45, 7) is 12.8. The van der Waals surface area contributed by atoms with Crippen LogP contribution >= 0.6 is 0 Å². The third kappa shape index (κ3) is 6.78. The SMILES string of the molecule is CCC(C)N(CC)C(=O)NCC(CC(C)(C)C)C(=O)O. The Morgan fingerprint density at radius 1 is 1.25 bits per heavy atom. The number of amides is 2. The van der Waals surface area contributed by atoms with Crippen LogP contribution in [-0.2, 0) is 4.79 Å². The second kappa shape index (κ2) is 8.12. The number of nitrogens with zero attached hydrogens (tertiary/aromatic N) is 1. The molecule has 0 aliphatic carbocycles. The summed E-state index contributed by atoms with van der Waals surface area (Å²) in [6.07, 6.45) is 1.42. The van der Waals surface area contributed by atoms with Crippen LogP contribution in [0.25, 0.3) is 0 Å². The highest BCUT2D eigenvalue weighted by Crippen LogP contribution is 2.24. The Balaban J connectivity index is 4.54. The van der Waals surface area contributed by atoms with Crippen LogP contribution in [0.5, 0.6) is 0 Å². The minimum Gasteiger partial charge on any atom is -0.481 e. The standard InChI is InChI=1S/C15H30N2O3/c1-7-11(3)17(8-2)14(20)16-10-12(13(18)19)9-15(4,5)6/h11-12H,7-10H2,1-6H3,(H,16,20)(H,18,19). The van der Waals surface area contributed by atoms with E-state index in [2.05, 4.69) is 5.32 Å². The summed E-state index contributed by atoms with van der Waals surface area (Å²) in [6, 6.07) is -0.0205. The number of rotatable bonds is 7. The molecule has 5 nitrogen and oxygen atoms in total. The molecule has 0 radical (unpaired) electrons. The van der Waals surface area contributed by atoms with E-state index >= 15 is 0 Å². The number of hydrogen-bond acceptors (Lipinski definition) is 2. The molecule has 0 spiro atoms. The van der Waals surface area contributed by atoms with E-state index in [1.54, 1.807) is 4.90 Å². The lowest BCUT2D eigenvalue weighted by molar-refractivity contribution is -0.142. The van der Waals surface area contributed by atoms with Crippen LogP contribution < -0.4 is 5.32 Å². The third-order valence-corrected chi connectivity index (χ3v) is 3.43. The van der Waals surface area contributed by atoms with Gasteiger partial charge in [0, 0.05) is 19.1 Å². The van der Waals surface area contributed by atoms with Gasteiger partial charge in [-0.05, 0) is 32.1 Å². The van der Waals surface area contributed by atoms with Crippen LogP contribution in [-0.4, -0.2) is 41.1 Å². The highest BCUT2D eigenvalue weighted by Gasteiger charge is 2.26. The van der Waals surface area contributed by atoms with Gasteiger partial charge in [-0.25, -0.2) is 4.79 Å². The number of carbonyl (C=O) groups is 2. The molecular formula is C15H30N2O3. The van der Waals surface area contributed by atoms with Crippen molar-refractivity contribution in [2.45, 2.75) is 60.4 Å². The molecule has 118 valence electrons. The first-order valence-corrected chi connectivity index (χ1v) is 7.39. The molecule has 0 bridgehead atoms. The van der Waals surface area contributed by atoms with Crippen molar-refractivity contribution in [2.24, 2.45) is 11.3 Å². The van der Waals surface area contributed by atoms with Crippen molar-refractivity contribution in [2.75, 3.05) is 13.1 Å². The van der Waals surface area contributed by atoms with Crippen molar-refractivity contribution in [1.82, 2.24) is 10.2 Å². The number of urea groups is 1. The van der Waals surface area contributed by atoms with Crippen LogP contribution in [0.1, 0.15) is 54.4 Å². The van der Waals surface area contributed by atoms with Gasteiger partial charge in [-0.3, -0.25) is 4.79 Å². The first kappa shape index (κ1) is 18.7. The fourth-order valence-electron chi connectivity index (χ4n) is 2.17. The second-order valence-electron chi connectivity index (χ2n) is 6.53. The minimum atomic E-state index is -0.855. The molecule has 0 aromatic carbocycles. The number of carbonyl (C=O) groups excluding carboxylic acids is 1. The van der Waals surface area contributed by atoms with Gasteiger partial charge in [-0.2, -0.15) is 0 Å². The largest absolute Gasteiger partial charge is 0.481 e. The summed E-state index contributed by atoms with van der Waals surface area (Å²) in [5.41, 5.74) is -0.0745. The zero-order valence-corrected chi connectivity index (χ0v) is 13.7. The van der Waals surface area contributed by atoms with E-state index in [0.29, 0.717) is 13.0 Å². The fourth-order valence-corrected chi connectivity index (χ4v) is 2.17. The monoisotopic (exact) mass is 286 g/mol. The van der Waals surface area contributed by atoms with Crippen molar-refractivity contribution >= 4 is 12.0 Å². The Hall–Kier alpha value is -1.26. The molecule has 2 N–H and O–H groups in total. The normalized spacial score (nSPS) is 14.5. The van der Waals surface area contributed by atoms with E-state index in [1.165, 1.54) is 0 Å². The fraction of sp³-hybridized carbons (Fsp3) is 0.867. The zero-order valence-electron chi connectivity index (χ0n) is 13.7. The van der Waals surface area contributed by atoms with E-state index in [-0.39, 0.29) is 24.0 Å². The summed E-state index contributed by atoms with van der Waals surface area (Å²) in [5.74, 6) is -1.40. The number of carboxylic acids is 1. The summed E-state index contributed by atoms with van der Waals surface area (Å²) in [7, 11) is 0. The molecule has 20 heavy (non-hydrogen) atoms. The zero-order chi connectivity index (χ0) is 15.9. The molecule has 2 atom stereocenters. The Morgan fingerprint density at radius 3 is 2.15 bits per heavy atom. The van der Waals surface area contributed by atoms with E-state index in [4.69, 9.17) is 0 Å². The summed E-state index contributed by atoms with van der Waals surface area (Å²) < 4.78 is 0. The molecule has 0 aliphatic rings. The highest BCUT2D eigenvalue weighted by atomic mass is 16.4. The predicted octanol–water partition coefficient (Wildman–Crippen LogP) is 2.95. The predicted molar refractivity (Wildman–Crippen MR) is 80.7 cm³/mol. The first-order valence-electron chi connectivity index (χ1n) is 7.39. The topological polar surface area (TPSA) is 69.6 Å². The molecule has 0 fully saturated rings. The maximum absolute atomic E-state index is 12.1. The van der Waals surface area contributed by atoms with E-state index < -0.39 is 11.9 Å². The van der Waals surface area contributed by atoms with Crippen LogP contribution in [0.15, 0.2) is 0 Å². The van der Waals surface area contributed by atoms with Gasteiger partial charge in [0.05, 0.1) is 5.92 Å². The molecule has 0 aromatic rings. The van der Waals surface area contributed by atoms with Gasteiger partial charge in [0.2, 0.25) is 0 Å². The Labute approximate surface area is 122 Å². The molecule has 0 saturated heterocycles. The second-order valence-corrected chi connectivity index (χ2v) is 6.53. The van der Waals surface area contributed by atoms with Gasteiger partial charge in [0.1, 0.15) is 0 Å².